The second kappa shape index (κ2) is 7.91. The molecule has 0 unspecified atom stereocenters. The van der Waals surface area contributed by atoms with E-state index in [1.165, 1.54) is 22.9 Å². The number of hydrogen-bond acceptors (Lipinski definition) is 6. The topological polar surface area (TPSA) is 117 Å². The van der Waals surface area contributed by atoms with Gasteiger partial charge in [0, 0.05) is 23.6 Å². The Hall–Kier alpha value is -3.68. The van der Waals surface area contributed by atoms with Crippen molar-refractivity contribution in [2.45, 2.75) is 26.8 Å². The van der Waals surface area contributed by atoms with Crippen LogP contribution in [0.4, 0.5) is 0 Å². The van der Waals surface area contributed by atoms with E-state index < -0.39 is 5.91 Å². The number of nitrogens with one attached hydrogen (secondary N) is 1. The van der Waals surface area contributed by atoms with Crippen LogP contribution in [0.3, 0.4) is 0 Å². The van der Waals surface area contributed by atoms with Crippen LogP contribution in [0.1, 0.15) is 36.3 Å². The summed E-state index contributed by atoms with van der Waals surface area (Å²) in [7, 11) is 0. The smallest absolute Gasteiger partial charge is 0.292 e. The van der Waals surface area contributed by atoms with E-state index >= 15 is 0 Å². The average molecular weight is 380 g/mol. The van der Waals surface area contributed by atoms with Crippen molar-refractivity contribution in [1.29, 1.82) is 0 Å². The lowest BCUT2D eigenvalue weighted by molar-refractivity contribution is 0.0949. The number of carbonyl (C=O) groups is 1. The molecule has 1 aromatic heterocycles. The van der Waals surface area contributed by atoms with Crippen molar-refractivity contribution < 1.29 is 15.0 Å². The Labute approximate surface area is 160 Å². The molecule has 1 amide bonds. The van der Waals surface area contributed by atoms with E-state index in [1.54, 1.807) is 31.2 Å². The van der Waals surface area contributed by atoms with Gasteiger partial charge in [0.25, 0.3) is 11.5 Å². The number of aromatic nitrogens is 2. The van der Waals surface area contributed by atoms with Crippen molar-refractivity contribution in [1.82, 2.24) is 15.2 Å². The lowest BCUT2D eigenvalue weighted by Gasteiger charge is -2.10. The van der Waals surface area contributed by atoms with E-state index in [9.17, 15) is 19.8 Å². The molecule has 0 radical (unpaired) electrons. The molecule has 0 aliphatic rings. The number of hydrazone groups is 1. The summed E-state index contributed by atoms with van der Waals surface area (Å²) in [5.41, 5.74) is 2.97. The van der Waals surface area contributed by atoms with E-state index in [2.05, 4.69) is 15.6 Å². The Morgan fingerprint density at radius 1 is 1.18 bits per heavy atom. The number of fused-ring (bicyclic) bond motifs is 1. The molecule has 0 saturated heterocycles. The second-order valence-corrected chi connectivity index (χ2v) is 6.26. The van der Waals surface area contributed by atoms with E-state index in [4.69, 9.17) is 0 Å². The van der Waals surface area contributed by atoms with Gasteiger partial charge < -0.3 is 10.2 Å². The van der Waals surface area contributed by atoms with Gasteiger partial charge in [0.05, 0.1) is 11.1 Å². The number of phenols is 2. The predicted octanol–water partition coefficient (Wildman–Crippen LogP) is 2.37. The zero-order valence-corrected chi connectivity index (χ0v) is 15.5. The van der Waals surface area contributed by atoms with Crippen LogP contribution in [0.15, 0.2) is 52.4 Å². The first-order valence-corrected chi connectivity index (χ1v) is 8.79. The summed E-state index contributed by atoms with van der Waals surface area (Å²) >= 11 is 0. The molecule has 0 bridgehead atoms. The van der Waals surface area contributed by atoms with Gasteiger partial charge in [-0.15, -0.1) is 0 Å². The molecule has 144 valence electrons. The molecule has 0 aliphatic heterocycles. The van der Waals surface area contributed by atoms with Crippen LogP contribution in [0.25, 0.3) is 10.8 Å². The number of benzene rings is 2. The third-order valence-corrected chi connectivity index (χ3v) is 4.21. The molecule has 8 nitrogen and oxygen atoms in total. The molecule has 0 aliphatic carbocycles. The normalized spacial score (nSPS) is 11.6. The minimum Gasteiger partial charge on any atom is -0.508 e. The van der Waals surface area contributed by atoms with Gasteiger partial charge in [-0.1, -0.05) is 25.1 Å². The van der Waals surface area contributed by atoms with E-state index in [1.807, 2.05) is 6.92 Å². The fraction of sp³-hybridized carbons (Fsp3) is 0.200. The fourth-order valence-corrected chi connectivity index (χ4v) is 2.84. The number of amides is 1. The lowest BCUT2D eigenvalue weighted by Crippen LogP contribution is -2.29. The first-order chi connectivity index (χ1) is 13.4. The van der Waals surface area contributed by atoms with Gasteiger partial charge in [-0.25, -0.2) is 10.1 Å². The largest absolute Gasteiger partial charge is 0.508 e. The van der Waals surface area contributed by atoms with Crippen molar-refractivity contribution in [3.05, 3.63) is 64.1 Å². The van der Waals surface area contributed by atoms with Crippen LogP contribution in [-0.4, -0.2) is 31.6 Å². The SMILES string of the molecule is CCCn1nc(C(=O)N/N=C(\C)c2ccc(O)cc2O)c2ccccc2c1=O. The van der Waals surface area contributed by atoms with Gasteiger partial charge in [0.2, 0.25) is 0 Å². The number of carbonyl (C=O) groups excluding carboxylic acids is 1. The molecule has 0 spiro atoms. The van der Waals surface area contributed by atoms with Crippen LogP contribution in [0, 0.1) is 0 Å². The Kier molecular flexibility index (Phi) is 5.39. The van der Waals surface area contributed by atoms with E-state index in [0.717, 1.165) is 0 Å². The number of aromatic hydroxyl groups is 2. The van der Waals surface area contributed by atoms with Gasteiger partial charge >= 0.3 is 0 Å². The Morgan fingerprint density at radius 3 is 2.57 bits per heavy atom. The summed E-state index contributed by atoms with van der Waals surface area (Å²) in [6, 6.07) is 10.9. The van der Waals surface area contributed by atoms with Gasteiger partial charge in [-0.2, -0.15) is 10.2 Å². The Morgan fingerprint density at radius 2 is 1.89 bits per heavy atom. The monoisotopic (exact) mass is 380 g/mol. The molecule has 3 rings (SSSR count). The highest BCUT2D eigenvalue weighted by Gasteiger charge is 2.16. The zero-order valence-electron chi connectivity index (χ0n) is 15.5. The van der Waals surface area contributed by atoms with Crippen LogP contribution >= 0.6 is 0 Å². The molecule has 3 N–H and O–H groups in total. The highest BCUT2D eigenvalue weighted by molar-refractivity contribution is 6.06. The number of aryl methyl sites for hydroxylation is 1. The standard InChI is InChI=1S/C20H20N4O4/c1-3-10-24-20(28)16-7-5-4-6-15(16)18(23-24)19(27)22-21-12(2)14-9-8-13(25)11-17(14)26/h4-9,11,25-26H,3,10H2,1-2H3,(H,22,27)/b21-12+. The van der Waals surface area contributed by atoms with Crippen molar-refractivity contribution in [3.63, 3.8) is 0 Å². The van der Waals surface area contributed by atoms with E-state index in [-0.39, 0.29) is 22.8 Å². The molecule has 3 aromatic rings. The Bertz CT molecular complexity index is 1130. The number of hydrogen-bond donors (Lipinski definition) is 3. The third-order valence-electron chi connectivity index (χ3n) is 4.21. The van der Waals surface area contributed by atoms with Gasteiger partial charge in [-0.3, -0.25) is 9.59 Å². The highest BCUT2D eigenvalue weighted by atomic mass is 16.3. The minimum absolute atomic E-state index is 0.0769. The Balaban J connectivity index is 1.97. The molecule has 28 heavy (non-hydrogen) atoms. The van der Waals surface area contributed by atoms with Crippen molar-refractivity contribution >= 4 is 22.4 Å². The molecule has 0 saturated carbocycles. The highest BCUT2D eigenvalue weighted by Crippen LogP contribution is 2.23. The molecule has 0 fully saturated rings. The zero-order chi connectivity index (χ0) is 20.3. The predicted molar refractivity (Wildman–Crippen MR) is 106 cm³/mol. The summed E-state index contributed by atoms with van der Waals surface area (Å²) in [4.78, 5) is 25.2. The summed E-state index contributed by atoms with van der Waals surface area (Å²) < 4.78 is 1.28. The maximum atomic E-state index is 12.7. The third kappa shape index (κ3) is 3.71. The van der Waals surface area contributed by atoms with E-state index in [0.29, 0.717) is 35.0 Å². The quantitative estimate of drug-likeness (QED) is 0.464. The maximum Gasteiger partial charge on any atom is 0.292 e. The fourth-order valence-electron chi connectivity index (χ4n) is 2.84. The minimum atomic E-state index is -0.571. The molecule has 1 heterocycles. The van der Waals surface area contributed by atoms with Crippen LogP contribution in [0.5, 0.6) is 11.5 Å². The number of nitrogens with zero attached hydrogens (tertiary/aromatic N) is 3. The number of phenolic OH excluding ortho intramolecular Hbond substituents is 2. The van der Waals surface area contributed by atoms with Crippen LogP contribution in [-0.2, 0) is 6.54 Å². The van der Waals surface area contributed by atoms with Gasteiger partial charge in [0.15, 0.2) is 5.69 Å². The molecular weight excluding hydrogens is 360 g/mol. The first-order valence-electron chi connectivity index (χ1n) is 8.79. The van der Waals surface area contributed by atoms with Gasteiger partial charge in [0.1, 0.15) is 11.5 Å². The average Bonchev–Trinajstić information content (AvgIpc) is 2.68. The molecule has 0 atom stereocenters. The van der Waals surface area contributed by atoms with Crippen LogP contribution in [0.2, 0.25) is 0 Å². The summed E-state index contributed by atoms with van der Waals surface area (Å²) in [5.74, 6) is -0.804. The summed E-state index contributed by atoms with van der Waals surface area (Å²) in [5, 5.41) is 28.4. The van der Waals surface area contributed by atoms with Crippen molar-refractivity contribution in [3.8, 4) is 11.5 Å². The number of rotatable bonds is 5. The maximum absolute atomic E-state index is 12.7. The lowest BCUT2D eigenvalue weighted by atomic mass is 10.1. The van der Waals surface area contributed by atoms with Gasteiger partial charge in [-0.05, 0) is 31.5 Å². The van der Waals surface area contributed by atoms with Crippen LogP contribution < -0.4 is 11.0 Å². The molecule has 2 aromatic carbocycles. The van der Waals surface area contributed by atoms with Crippen molar-refractivity contribution in [2.24, 2.45) is 5.10 Å². The van der Waals surface area contributed by atoms with Crippen molar-refractivity contribution in [2.75, 3.05) is 0 Å². The summed E-state index contributed by atoms with van der Waals surface area (Å²) in [6.45, 7) is 3.92. The molecular formula is C20H20N4O4. The first kappa shape index (κ1) is 19.1. The molecule has 8 heteroatoms. The second-order valence-electron chi connectivity index (χ2n) is 6.26. The summed E-state index contributed by atoms with van der Waals surface area (Å²) in [6.07, 6.45) is 0.698.